The zero-order chi connectivity index (χ0) is 26.1. The fourth-order valence-corrected chi connectivity index (χ4v) is 4.39. The van der Waals surface area contributed by atoms with Crippen LogP contribution in [0, 0.1) is 32.1 Å². The standard InChI is InChI=1S/C24H20N4O8/c1-14-5-10-19-20(11-14)24(32)26(23(19)31)25(22(30)16-3-2-4-18(12-16)28(35)36)13-21(29)15-6-8-17(9-7-15)27(33)34/h2-9,12,19-20H,10-11,13H2,1H3/t19-,20+/m1/s1. The van der Waals surface area contributed by atoms with Crippen molar-refractivity contribution < 1.29 is 29.0 Å². The van der Waals surface area contributed by atoms with Gasteiger partial charge in [-0.15, -0.1) is 0 Å². The molecule has 4 rings (SSSR count). The fraction of sp³-hybridized carbons (Fsp3) is 0.250. The highest BCUT2D eigenvalue weighted by molar-refractivity contribution is 6.10. The van der Waals surface area contributed by atoms with Crippen LogP contribution in [-0.2, 0) is 9.59 Å². The van der Waals surface area contributed by atoms with Crippen LogP contribution in [0.5, 0.6) is 0 Å². The Morgan fingerprint density at radius 3 is 2.22 bits per heavy atom. The second-order valence-corrected chi connectivity index (χ2v) is 8.59. The van der Waals surface area contributed by atoms with Crippen LogP contribution in [0.2, 0.25) is 0 Å². The molecule has 12 nitrogen and oxygen atoms in total. The first-order valence-corrected chi connectivity index (χ1v) is 11.0. The lowest BCUT2D eigenvalue weighted by Gasteiger charge is -2.30. The van der Waals surface area contributed by atoms with E-state index in [0.717, 1.165) is 23.8 Å². The van der Waals surface area contributed by atoms with Gasteiger partial charge < -0.3 is 0 Å². The summed E-state index contributed by atoms with van der Waals surface area (Å²) >= 11 is 0. The number of nitrogens with zero attached hydrogens (tertiary/aromatic N) is 4. The number of fused-ring (bicyclic) bond motifs is 1. The first kappa shape index (κ1) is 24.4. The molecule has 0 aromatic heterocycles. The number of imide groups is 1. The summed E-state index contributed by atoms with van der Waals surface area (Å²) in [5.41, 5.74) is 0.137. The number of nitro benzene ring substituents is 2. The van der Waals surface area contributed by atoms with Crippen molar-refractivity contribution in [2.75, 3.05) is 6.54 Å². The Morgan fingerprint density at radius 1 is 0.944 bits per heavy atom. The minimum Gasteiger partial charge on any atom is -0.292 e. The lowest BCUT2D eigenvalue weighted by molar-refractivity contribution is -0.385. The largest absolute Gasteiger partial charge is 0.292 e. The van der Waals surface area contributed by atoms with Crippen LogP contribution < -0.4 is 0 Å². The van der Waals surface area contributed by atoms with Crippen molar-refractivity contribution >= 4 is 34.9 Å². The van der Waals surface area contributed by atoms with E-state index in [9.17, 15) is 39.4 Å². The van der Waals surface area contributed by atoms with Crippen molar-refractivity contribution in [2.24, 2.45) is 11.8 Å². The van der Waals surface area contributed by atoms with Crippen LogP contribution in [0.15, 0.2) is 60.2 Å². The minimum atomic E-state index is -0.945. The van der Waals surface area contributed by atoms with Gasteiger partial charge in [-0.2, -0.15) is 5.01 Å². The van der Waals surface area contributed by atoms with Crippen LogP contribution >= 0.6 is 0 Å². The molecule has 0 bridgehead atoms. The Kier molecular flexibility index (Phi) is 6.43. The molecule has 184 valence electrons. The molecule has 0 radical (unpaired) electrons. The predicted octanol–water partition coefficient (Wildman–Crippen LogP) is 3.08. The predicted molar refractivity (Wildman–Crippen MR) is 123 cm³/mol. The number of non-ortho nitro benzene ring substituents is 2. The number of allylic oxidation sites excluding steroid dienone is 2. The third kappa shape index (κ3) is 4.48. The third-order valence-electron chi connectivity index (χ3n) is 6.27. The highest BCUT2D eigenvalue weighted by Gasteiger charge is 2.51. The average molecular weight is 492 g/mol. The van der Waals surface area contributed by atoms with Crippen molar-refractivity contribution in [1.82, 2.24) is 10.0 Å². The fourth-order valence-electron chi connectivity index (χ4n) is 4.39. The average Bonchev–Trinajstić information content (AvgIpc) is 3.11. The maximum atomic E-state index is 13.5. The molecule has 0 N–H and O–H groups in total. The van der Waals surface area contributed by atoms with Gasteiger partial charge in [0.15, 0.2) is 5.78 Å². The normalized spacial score (nSPS) is 18.9. The van der Waals surface area contributed by atoms with Crippen LogP contribution in [0.3, 0.4) is 0 Å². The number of Topliss-reactive ketones (excluding diaryl/α,β-unsaturated/α-hetero) is 1. The Labute approximate surface area is 204 Å². The molecule has 12 heteroatoms. The molecule has 2 aliphatic rings. The highest BCUT2D eigenvalue weighted by atomic mass is 16.6. The number of nitro groups is 2. The van der Waals surface area contributed by atoms with E-state index in [0.29, 0.717) is 22.9 Å². The summed E-state index contributed by atoms with van der Waals surface area (Å²) in [5.74, 6) is -4.27. The first-order chi connectivity index (χ1) is 17.1. The van der Waals surface area contributed by atoms with Gasteiger partial charge in [0.05, 0.1) is 21.7 Å². The molecule has 2 aromatic carbocycles. The van der Waals surface area contributed by atoms with E-state index in [2.05, 4.69) is 0 Å². The van der Waals surface area contributed by atoms with Gasteiger partial charge in [-0.05, 0) is 38.0 Å². The van der Waals surface area contributed by atoms with Crippen LogP contribution in [-0.4, -0.2) is 49.9 Å². The highest BCUT2D eigenvalue weighted by Crippen LogP contribution is 2.38. The molecule has 1 aliphatic heterocycles. The number of rotatable bonds is 7. The van der Waals surface area contributed by atoms with Gasteiger partial charge in [0, 0.05) is 35.4 Å². The minimum absolute atomic E-state index is 0.0199. The van der Waals surface area contributed by atoms with Gasteiger partial charge in [-0.3, -0.25) is 39.4 Å². The molecule has 3 amide bonds. The van der Waals surface area contributed by atoms with Crippen molar-refractivity contribution in [3.05, 3.63) is 91.5 Å². The molecule has 1 fully saturated rings. The van der Waals surface area contributed by atoms with Gasteiger partial charge >= 0.3 is 0 Å². The Balaban J connectivity index is 1.70. The molecule has 2 aromatic rings. The molecular weight excluding hydrogens is 472 g/mol. The molecule has 1 aliphatic carbocycles. The first-order valence-electron chi connectivity index (χ1n) is 11.0. The summed E-state index contributed by atoms with van der Waals surface area (Å²) in [6.45, 7) is 1.10. The molecule has 0 unspecified atom stereocenters. The Bertz CT molecular complexity index is 1330. The number of ketones is 1. The van der Waals surface area contributed by atoms with E-state index in [1.165, 1.54) is 30.3 Å². The monoisotopic (exact) mass is 492 g/mol. The maximum Gasteiger partial charge on any atom is 0.273 e. The van der Waals surface area contributed by atoms with Crippen LogP contribution in [0.1, 0.15) is 40.5 Å². The summed E-state index contributed by atoms with van der Waals surface area (Å²) in [5, 5.41) is 23.5. The molecule has 2 atom stereocenters. The van der Waals surface area contributed by atoms with Gasteiger partial charge in [-0.25, -0.2) is 5.01 Å². The molecule has 1 saturated heterocycles. The van der Waals surface area contributed by atoms with E-state index in [1.54, 1.807) is 0 Å². The van der Waals surface area contributed by atoms with Crippen molar-refractivity contribution in [3.8, 4) is 0 Å². The number of hydrogen-bond donors (Lipinski definition) is 0. The zero-order valence-electron chi connectivity index (χ0n) is 19.0. The number of amides is 3. The third-order valence-corrected chi connectivity index (χ3v) is 6.27. The Morgan fingerprint density at radius 2 is 1.58 bits per heavy atom. The van der Waals surface area contributed by atoms with Gasteiger partial charge in [0.2, 0.25) is 0 Å². The summed E-state index contributed by atoms with van der Waals surface area (Å²) in [6.07, 6.45) is 2.50. The number of hydrogen-bond acceptors (Lipinski definition) is 8. The van der Waals surface area contributed by atoms with Gasteiger partial charge in [0.1, 0.15) is 6.54 Å². The number of hydrazine groups is 1. The van der Waals surface area contributed by atoms with E-state index < -0.39 is 51.7 Å². The molecular formula is C24H20N4O8. The number of carbonyl (C=O) groups excluding carboxylic acids is 4. The SMILES string of the molecule is CC1=CC[C@H]2C(=O)N(N(CC(=O)c3ccc([N+](=O)[O-])cc3)C(=O)c3cccc([N+](=O)[O-])c3)C(=O)[C@H]2C1. The van der Waals surface area contributed by atoms with E-state index in [4.69, 9.17) is 0 Å². The van der Waals surface area contributed by atoms with E-state index in [-0.39, 0.29) is 22.5 Å². The topological polar surface area (TPSA) is 161 Å². The number of benzene rings is 2. The summed E-state index contributed by atoms with van der Waals surface area (Å²) in [6, 6.07) is 9.39. The smallest absolute Gasteiger partial charge is 0.273 e. The summed E-state index contributed by atoms with van der Waals surface area (Å²) in [4.78, 5) is 73.8. The van der Waals surface area contributed by atoms with E-state index >= 15 is 0 Å². The van der Waals surface area contributed by atoms with Crippen molar-refractivity contribution in [3.63, 3.8) is 0 Å². The zero-order valence-corrected chi connectivity index (χ0v) is 19.0. The molecule has 0 spiro atoms. The van der Waals surface area contributed by atoms with Gasteiger partial charge in [-0.1, -0.05) is 17.7 Å². The summed E-state index contributed by atoms with van der Waals surface area (Å²) < 4.78 is 0. The Hall–Kier alpha value is -4.74. The van der Waals surface area contributed by atoms with Crippen LogP contribution in [0.25, 0.3) is 0 Å². The lowest BCUT2D eigenvalue weighted by atomic mass is 9.82. The molecule has 0 saturated carbocycles. The van der Waals surface area contributed by atoms with Crippen molar-refractivity contribution in [2.45, 2.75) is 19.8 Å². The lowest BCUT2D eigenvalue weighted by Crippen LogP contribution is -2.52. The van der Waals surface area contributed by atoms with Gasteiger partial charge in [0.25, 0.3) is 29.1 Å². The maximum absolute atomic E-state index is 13.5. The van der Waals surface area contributed by atoms with Crippen LogP contribution in [0.4, 0.5) is 11.4 Å². The summed E-state index contributed by atoms with van der Waals surface area (Å²) in [7, 11) is 0. The van der Waals surface area contributed by atoms with Crippen molar-refractivity contribution in [1.29, 1.82) is 0 Å². The molecule has 36 heavy (non-hydrogen) atoms. The molecule has 1 heterocycles. The van der Waals surface area contributed by atoms with E-state index in [1.807, 2.05) is 13.0 Å². The second-order valence-electron chi connectivity index (χ2n) is 8.59. The number of carbonyl (C=O) groups is 4. The second kappa shape index (κ2) is 9.49. The quantitative estimate of drug-likeness (QED) is 0.187.